The van der Waals surface area contributed by atoms with Gasteiger partial charge in [0.1, 0.15) is 11.6 Å². The van der Waals surface area contributed by atoms with Gasteiger partial charge in [-0.3, -0.25) is 0 Å². The molecule has 0 amide bonds. The molecule has 2 unspecified atom stereocenters. The predicted molar refractivity (Wildman–Crippen MR) is 106 cm³/mol. The fourth-order valence-corrected chi connectivity index (χ4v) is 3.96. The van der Waals surface area contributed by atoms with E-state index in [1.807, 2.05) is 47.5 Å². The molecular formula is C22H16BrFN2O. The Kier molecular flexibility index (Phi) is 3.97. The SMILES string of the molecule is Fc1ccc(C2=NN3C(C2)c2ccccc2OC3c2ccc(Br)cc2)cc1. The van der Waals surface area contributed by atoms with Crippen molar-refractivity contribution in [1.82, 2.24) is 5.01 Å². The molecule has 0 spiro atoms. The highest BCUT2D eigenvalue weighted by Crippen LogP contribution is 2.47. The van der Waals surface area contributed by atoms with E-state index in [-0.39, 0.29) is 18.1 Å². The largest absolute Gasteiger partial charge is 0.464 e. The standard InChI is InChI=1S/C22H16BrFN2O/c23-16-9-5-15(6-10-16)22-26-20(18-3-1-2-4-21(18)27-22)13-19(25-26)14-7-11-17(24)12-8-14/h1-12,20,22H,13H2. The van der Waals surface area contributed by atoms with Crippen molar-refractivity contribution in [3.05, 3.63) is 99.8 Å². The molecule has 0 radical (unpaired) electrons. The van der Waals surface area contributed by atoms with Gasteiger partial charge < -0.3 is 4.74 Å². The first kappa shape index (κ1) is 16.5. The minimum Gasteiger partial charge on any atom is -0.464 e. The lowest BCUT2D eigenvalue weighted by molar-refractivity contribution is -0.0190. The van der Waals surface area contributed by atoms with E-state index in [1.165, 1.54) is 12.1 Å². The number of para-hydroxylation sites is 1. The molecular weight excluding hydrogens is 407 g/mol. The summed E-state index contributed by atoms with van der Waals surface area (Å²) in [5.74, 6) is 0.652. The van der Waals surface area contributed by atoms with Crippen molar-refractivity contribution in [2.24, 2.45) is 5.10 Å². The maximum absolute atomic E-state index is 13.3. The molecule has 2 heterocycles. The number of fused-ring (bicyclic) bond motifs is 3. The molecule has 2 atom stereocenters. The Labute approximate surface area is 165 Å². The fraction of sp³-hybridized carbons (Fsp3) is 0.136. The molecule has 5 rings (SSSR count). The maximum atomic E-state index is 13.3. The number of ether oxygens (including phenoxy) is 1. The highest BCUT2D eigenvalue weighted by atomic mass is 79.9. The van der Waals surface area contributed by atoms with Crippen LogP contribution in [0.15, 0.2) is 82.4 Å². The van der Waals surface area contributed by atoms with Gasteiger partial charge in [-0.05, 0) is 35.9 Å². The molecule has 0 N–H and O–H groups in total. The number of hydrogen-bond acceptors (Lipinski definition) is 3. The van der Waals surface area contributed by atoms with Crippen LogP contribution in [0.1, 0.15) is 35.4 Å². The van der Waals surface area contributed by atoms with Crippen LogP contribution in [0, 0.1) is 5.82 Å². The van der Waals surface area contributed by atoms with Gasteiger partial charge in [-0.1, -0.05) is 58.4 Å². The zero-order valence-corrected chi connectivity index (χ0v) is 15.9. The monoisotopic (exact) mass is 422 g/mol. The molecule has 0 saturated carbocycles. The van der Waals surface area contributed by atoms with E-state index in [4.69, 9.17) is 9.84 Å². The van der Waals surface area contributed by atoms with Gasteiger partial charge in [-0.25, -0.2) is 9.40 Å². The van der Waals surface area contributed by atoms with Gasteiger partial charge in [0.15, 0.2) is 0 Å². The van der Waals surface area contributed by atoms with Gasteiger partial charge in [0.05, 0.1) is 11.8 Å². The number of hydrogen-bond donors (Lipinski definition) is 0. The second kappa shape index (κ2) is 6.50. The smallest absolute Gasteiger partial charge is 0.213 e. The average Bonchev–Trinajstić information content (AvgIpc) is 3.14. The summed E-state index contributed by atoms with van der Waals surface area (Å²) in [6, 6.07) is 22.9. The first-order chi connectivity index (χ1) is 13.2. The summed E-state index contributed by atoms with van der Waals surface area (Å²) in [5, 5.41) is 6.91. The number of hydrazone groups is 1. The van der Waals surface area contributed by atoms with E-state index >= 15 is 0 Å². The number of halogens is 2. The Balaban J connectivity index is 1.58. The molecule has 134 valence electrons. The molecule has 0 fully saturated rings. The van der Waals surface area contributed by atoms with Crippen molar-refractivity contribution < 1.29 is 9.13 Å². The lowest BCUT2D eigenvalue weighted by Crippen LogP contribution is -2.33. The highest BCUT2D eigenvalue weighted by molar-refractivity contribution is 9.10. The quantitative estimate of drug-likeness (QED) is 0.518. The number of rotatable bonds is 2. The highest BCUT2D eigenvalue weighted by Gasteiger charge is 2.40. The van der Waals surface area contributed by atoms with Crippen LogP contribution in [0.3, 0.4) is 0 Å². The Hall–Kier alpha value is -2.66. The van der Waals surface area contributed by atoms with Crippen LogP contribution < -0.4 is 4.74 Å². The normalized spacial score (nSPS) is 20.5. The molecule has 0 saturated heterocycles. The van der Waals surface area contributed by atoms with Gasteiger partial charge in [-0.2, -0.15) is 5.10 Å². The molecule has 2 aliphatic heterocycles. The van der Waals surface area contributed by atoms with Crippen LogP contribution in [0.25, 0.3) is 0 Å². The van der Waals surface area contributed by atoms with E-state index in [2.05, 4.69) is 22.0 Å². The van der Waals surface area contributed by atoms with E-state index in [0.717, 1.165) is 39.0 Å². The van der Waals surface area contributed by atoms with Crippen molar-refractivity contribution in [1.29, 1.82) is 0 Å². The number of nitrogens with zero attached hydrogens (tertiary/aromatic N) is 2. The maximum Gasteiger partial charge on any atom is 0.213 e. The van der Waals surface area contributed by atoms with Gasteiger partial charge in [0.25, 0.3) is 0 Å². The molecule has 27 heavy (non-hydrogen) atoms. The van der Waals surface area contributed by atoms with Crippen molar-refractivity contribution >= 4 is 21.6 Å². The van der Waals surface area contributed by atoms with Crippen molar-refractivity contribution in [2.45, 2.75) is 18.7 Å². The third kappa shape index (κ3) is 2.92. The molecule has 0 aromatic heterocycles. The third-order valence-electron chi connectivity index (χ3n) is 5.03. The van der Waals surface area contributed by atoms with Crippen molar-refractivity contribution in [3.8, 4) is 5.75 Å². The second-order valence-electron chi connectivity index (χ2n) is 6.71. The Morgan fingerprint density at radius 3 is 2.48 bits per heavy atom. The predicted octanol–water partition coefficient (Wildman–Crippen LogP) is 5.83. The zero-order valence-electron chi connectivity index (χ0n) is 14.3. The summed E-state index contributed by atoms with van der Waals surface area (Å²) in [5.41, 5.74) is 4.06. The molecule has 2 aliphatic rings. The zero-order chi connectivity index (χ0) is 18.4. The summed E-state index contributed by atoms with van der Waals surface area (Å²) in [6.45, 7) is 0. The van der Waals surface area contributed by atoms with Gasteiger partial charge in [0, 0.05) is 22.0 Å². The summed E-state index contributed by atoms with van der Waals surface area (Å²) in [4.78, 5) is 0. The summed E-state index contributed by atoms with van der Waals surface area (Å²) < 4.78 is 20.7. The molecule has 0 bridgehead atoms. The number of benzene rings is 3. The minimum absolute atomic E-state index is 0.101. The summed E-state index contributed by atoms with van der Waals surface area (Å²) in [7, 11) is 0. The second-order valence-corrected chi connectivity index (χ2v) is 7.63. The molecule has 3 nitrogen and oxygen atoms in total. The lowest BCUT2D eigenvalue weighted by atomic mass is 9.96. The Morgan fingerprint density at radius 1 is 0.963 bits per heavy atom. The first-order valence-electron chi connectivity index (χ1n) is 8.82. The van der Waals surface area contributed by atoms with Crippen LogP contribution in [-0.2, 0) is 0 Å². The molecule has 5 heteroatoms. The Morgan fingerprint density at radius 2 is 1.70 bits per heavy atom. The first-order valence-corrected chi connectivity index (χ1v) is 9.61. The minimum atomic E-state index is -0.295. The molecule has 3 aromatic rings. The van der Waals surface area contributed by atoms with E-state index in [9.17, 15) is 4.39 Å². The summed E-state index contributed by atoms with van der Waals surface area (Å²) >= 11 is 3.49. The van der Waals surface area contributed by atoms with Crippen molar-refractivity contribution in [3.63, 3.8) is 0 Å². The Bertz CT molecular complexity index is 1020. The van der Waals surface area contributed by atoms with Crippen LogP contribution in [0.5, 0.6) is 5.75 Å². The summed E-state index contributed by atoms with van der Waals surface area (Å²) in [6.07, 6.45) is 0.468. The van der Waals surface area contributed by atoms with E-state index < -0.39 is 0 Å². The van der Waals surface area contributed by atoms with Gasteiger partial charge in [-0.15, -0.1) is 0 Å². The molecule has 0 aliphatic carbocycles. The van der Waals surface area contributed by atoms with E-state index in [1.54, 1.807) is 12.1 Å². The molecule has 3 aromatic carbocycles. The van der Waals surface area contributed by atoms with Gasteiger partial charge >= 0.3 is 0 Å². The lowest BCUT2D eigenvalue weighted by Gasteiger charge is -2.38. The van der Waals surface area contributed by atoms with Crippen LogP contribution >= 0.6 is 15.9 Å². The van der Waals surface area contributed by atoms with Crippen molar-refractivity contribution in [2.75, 3.05) is 0 Å². The van der Waals surface area contributed by atoms with Crippen LogP contribution in [0.4, 0.5) is 4.39 Å². The fourth-order valence-electron chi connectivity index (χ4n) is 3.70. The van der Waals surface area contributed by atoms with Crippen LogP contribution in [0.2, 0.25) is 0 Å². The topological polar surface area (TPSA) is 24.8 Å². The third-order valence-corrected chi connectivity index (χ3v) is 5.56. The van der Waals surface area contributed by atoms with Gasteiger partial charge in [0.2, 0.25) is 6.23 Å². The average molecular weight is 423 g/mol. The van der Waals surface area contributed by atoms with Crippen LogP contribution in [-0.4, -0.2) is 10.7 Å². The van der Waals surface area contributed by atoms with E-state index in [0.29, 0.717) is 0 Å².